The first-order valence-corrected chi connectivity index (χ1v) is 4.90. The number of aromatic nitrogens is 3. The highest BCUT2D eigenvalue weighted by Gasteiger charge is 1.94. The van der Waals surface area contributed by atoms with Crippen molar-refractivity contribution in [2.45, 2.75) is 13.0 Å². The number of rotatable bonds is 3. The first-order valence-electron chi connectivity index (χ1n) is 4.49. The van der Waals surface area contributed by atoms with Crippen molar-refractivity contribution in [1.82, 2.24) is 14.5 Å². The molecule has 0 bridgehead atoms. The van der Waals surface area contributed by atoms with Gasteiger partial charge in [0.15, 0.2) is 4.77 Å². The molecule has 1 N–H and O–H groups in total. The minimum Gasteiger partial charge on any atom is -0.337 e. The molecular weight excluding hydrogens is 194 g/mol. The molecule has 0 aliphatic carbocycles. The molecule has 0 amide bonds. The predicted octanol–water partition coefficient (Wildman–Crippen LogP) is 2.18. The van der Waals surface area contributed by atoms with E-state index in [2.05, 4.69) is 16.0 Å². The summed E-state index contributed by atoms with van der Waals surface area (Å²) >= 11 is 5.09. The Morgan fingerprint density at radius 3 is 3.07 bits per heavy atom. The summed E-state index contributed by atoms with van der Waals surface area (Å²) in [6.07, 6.45) is 8.44. The largest absolute Gasteiger partial charge is 0.337 e. The second-order valence-corrected chi connectivity index (χ2v) is 3.46. The molecule has 2 aromatic rings. The van der Waals surface area contributed by atoms with Gasteiger partial charge in [0.25, 0.3) is 0 Å². The topological polar surface area (TPSA) is 33.6 Å². The standard InChI is InChI=1S/C10H11N3S/c14-10-12-5-7-13(10)6-3-9-2-1-4-11-8-9/h1-2,4-5,7-8H,3,6H2,(H,12,14). The van der Waals surface area contributed by atoms with Gasteiger partial charge in [0.1, 0.15) is 0 Å². The molecule has 3 nitrogen and oxygen atoms in total. The molecule has 0 aliphatic rings. The Balaban J connectivity index is 2.02. The number of H-pyrrole nitrogens is 1. The maximum atomic E-state index is 5.09. The molecule has 2 aromatic heterocycles. The summed E-state index contributed by atoms with van der Waals surface area (Å²) in [7, 11) is 0. The van der Waals surface area contributed by atoms with Gasteiger partial charge in [0.2, 0.25) is 0 Å². The third kappa shape index (κ3) is 2.09. The highest BCUT2D eigenvalue weighted by Crippen LogP contribution is 2.00. The van der Waals surface area contributed by atoms with Gasteiger partial charge in [-0.1, -0.05) is 6.07 Å². The summed E-state index contributed by atoms with van der Waals surface area (Å²) < 4.78 is 2.79. The van der Waals surface area contributed by atoms with Crippen LogP contribution < -0.4 is 0 Å². The van der Waals surface area contributed by atoms with E-state index in [1.807, 2.05) is 29.2 Å². The Morgan fingerprint density at radius 1 is 1.50 bits per heavy atom. The smallest absolute Gasteiger partial charge is 0.177 e. The summed E-state index contributed by atoms with van der Waals surface area (Å²) in [6.45, 7) is 0.897. The Bertz CT molecular complexity index is 444. The number of hydrogen-bond donors (Lipinski definition) is 1. The van der Waals surface area contributed by atoms with Crippen LogP contribution in [0, 0.1) is 4.77 Å². The SMILES string of the molecule is S=c1[nH]ccn1CCc1cccnc1. The van der Waals surface area contributed by atoms with E-state index < -0.39 is 0 Å². The third-order valence-electron chi connectivity index (χ3n) is 2.09. The number of pyridine rings is 1. The minimum absolute atomic E-state index is 0.772. The van der Waals surface area contributed by atoms with Crippen LogP contribution >= 0.6 is 12.2 Å². The van der Waals surface area contributed by atoms with Crippen LogP contribution in [0.4, 0.5) is 0 Å². The van der Waals surface area contributed by atoms with Crippen molar-refractivity contribution < 1.29 is 0 Å². The lowest BCUT2D eigenvalue weighted by atomic mass is 10.2. The number of nitrogens with one attached hydrogen (secondary N) is 1. The van der Waals surface area contributed by atoms with Gasteiger partial charge >= 0.3 is 0 Å². The number of hydrogen-bond acceptors (Lipinski definition) is 2. The van der Waals surface area contributed by atoms with Crippen LogP contribution in [-0.4, -0.2) is 14.5 Å². The molecule has 2 heterocycles. The zero-order valence-electron chi connectivity index (χ0n) is 7.68. The van der Waals surface area contributed by atoms with Crippen LogP contribution in [0.1, 0.15) is 5.56 Å². The molecule has 0 aliphatic heterocycles. The number of aryl methyl sites for hydroxylation is 2. The number of nitrogens with zero attached hydrogens (tertiary/aromatic N) is 2. The summed E-state index contributed by atoms with van der Waals surface area (Å²) in [5.41, 5.74) is 1.23. The lowest BCUT2D eigenvalue weighted by Gasteiger charge is -2.01. The van der Waals surface area contributed by atoms with Crippen molar-refractivity contribution in [1.29, 1.82) is 0 Å². The van der Waals surface area contributed by atoms with Crippen LogP contribution in [-0.2, 0) is 13.0 Å². The zero-order chi connectivity index (χ0) is 9.80. The van der Waals surface area contributed by atoms with Crippen LogP contribution in [0.15, 0.2) is 36.9 Å². The van der Waals surface area contributed by atoms with E-state index in [-0.39, 0.29) is 0 Å². The molecule has 0 atom stereocenters. The average molecular weight is 205 g/mol. The molecule has 4 heteroatoms. The predicted molar refractivity (Wildman–Crippen MR) is 57.6 cm³/mol. The molecule has 0 fully saturated rings. The summed E-state index contributed by atoms with van der Waals surface area (Å²) in [4.78, 5) is 7.03. The highest BCUT2D eigenvalue weighted by atomic mass is 32.1. The quantitative estimate of drug-likeness (QED) is 0.779. The van der Waals surface area contributed by atoms with Gasteiger partial charge in [0, 0.05) is 31.3 Å². The normalized spacial score (nSPS) is 10.3. The lowest BCUT2D eigenvalue weighted by molar-refractivity contribution is 0.685. The van der Waals surface area contributed by atoms with Crippen molar-refractivity contribution in [3.8, 4) is 0 Å². The second kappa shape index (κ2) is 4.19. The summed E-state index contributed by atoms with van der Waals surface area (Å²) in [5, 5.41) is 0. The van der Waals surface area contributed by atoms with E-state index in [0.29, 0.717) is 0 Å². The van der Waals surface area contributed by atoms with Gasteiger partial charge in [-0.15, -0.1) is 0 Å². The molecule has 0 aromatic carbocycles. The van der Waals surface area contributed by atoms with Crippen molar-refractivity contribution in [3.63, 3.8) is 0 Å². The fourth-order valence-corrected chi connectivity index (χ4v) is 1.54. The second-order valence-electron chi connectivity index (χ2n) is 3.07. The molecule has 0 spiro atoms. The van der Waals surface area contributed by atoms with E-state index in [1.165, 1.54) is 5.56 Å². The van der Waals surface area contributed by atoms with Gasteiger partial charge in [-0.25, -0.2) is 0 Å². The van der Waals surface area contributed by atoms with Crippen LogP contribution in [0.2, 0.25) is 0 Å². The average Bonchev–Trinajstić information content (AvgIpc) is 2.63. The minimum atomic E-state index is 0.772. The molecule has 0 saturated carbocycles. The maximum absolute atomic E-state index is 5.09. The lowest BCUT2D eigenvalue weighted by Crippen LogP contribution is -2.00. The molecule has 0 unspecified atom stereocenters. The summed E-state index contributed by atoms with van der Waals surface area (Å²) in [5.74, 6) is 0. The fraction of sp³-hybridized carbons (Fsp3) is 0.200. The molecule has 0 saturated heterocycles. The molecule has 72 valence electrons. The third-order valence-corrected chi connectivity index (χ3v) is 2.44. The zero-order valence-corrected chi connectivity index (χ0v) is 8.50. The maximum Gasteiger partial charge on any atom is 0.177 e. The van der Waals surface area contributed by atoms with E-state index in [4.69, 9.17) is 12.2 Å². The van der Waals surface area contributed by atoms with E-state index in [1.54, 1.807) is 6.20 Å². The number of imidazole rings is 1. The van der Waals surface area contributed by atoms with E-state index >= 15 is 0 Å². The van der Waals surface area contributed by atoms with Crippen LogP contribution in [0.5, 0.6) is 0 Å². The molecular formula is C10H11N3S. The first-order chi connectivity index (χ1) is 6.86. The van der Waals surface area contributed by atoms with Gasteiger partial charge in [-0.3, -0.25) is 4.98 Å². The number of aromatic amines is 1. The monoisotopic (exact) mass is 205 g/mol. The van der Waals surface area contributed by atoms with Gasteiger partial charge in [-0.05, 0) is 30.3 Å². The van der Waals surface area contributed by atoms with Gasteiger partial charge < -0.3 is 9.55 Å². The Hall–Kier alpha value is -1.42. The van der Waals surface area contributed by atoms with E-state index in [0.717, 1.165) is 17.7 Å². The summed E-state index contributed by atoms with van der Waals surface area (Å²) in [6, 6.07) is 4.02. The molecule has 14 heavy (non-hydrogen) atoms. The van der Waals surface area contributed by atoms with Crippen molar-refractivity contribution >= 4 is 12.2 Å². The fourth-order valence-electron chi connectivity index (χ4n) is 1.32. The Labute approximate surface area is 87.4 Å². The first kappa shape index (κ1) is 9.15. The van der Waals surface area contributed by atoms with Crippen molar-refractivity contribution in [3.05, 3.63) is 47.3 Å². The van der Waals surface area contributed by atoms with Gasteiger partial charge in [0.05, 0.1) is 0 Å². The Kier molecular flexibility index (Phi) is 2.74. The molecule has 0 radical (unpaired) electrons. The Morgan fingerprint density at radius 2 is 2.43 bits per heavy atom. The molecule has 2 rings (SSSR count). The van der Waals surface area contributed by atoms with Crippen LogP contribution in [0.3, 0.4) is 0 Å². The highest BCUT2D eigenvalue weighted by molar-refractivity contribution is 7.71. The van der Waals surface area contributed by atoms with Gasteiger partial charge in [-0.2, -0.15) is 0 Å². The van der Waals surface area contributed by atoms with Crippen molar-refractivity contribution in [2.75, 3.05) is 0 Å². The van der Waals surface area contributed by atoms with Crippen molar-refractivity contribution in [2.24, 2.45) is 0 Å². The van der Waals surface area contributed by atoms with E-state index in [9.17, 15) is 0 Å². The van der Waals surface area contributed by atoms with Crippen LogP contribution in [0.25, 0.3) is 0 Å².